The molecule has 4 rings (SSSR count). The first-order valence-corrected chi connectivity index (χ1v) is 12.2. The molecule has 0 radical (unpaired) electrons. The van der Waals surface area contributed by atoms with Crippen molar-refractivity contribution in [2.45, 2.75) is 55.4 Å². The molecule has 4 nitrogen and oxygen atoms in total. The summed E-state index contributed by atoms with van der Waals surface area (Å²) in [5, 5.41) is 0. The molecule has 1 aliphatic heterocycles. The standard InChI is InChI=1S/C31H35N2O2.ClH/c1-19-14-21(3)26(22(4)15-19)32-18-31(7,8)30(35)33(27-23(5)16-20(2)17-24(27)6)29(32)28(34)25-12-10-9-11-13-25;/h9-17H,18H2,1-8H3;1H/q+1;/p-1. The molecule has 0 bridgehead atoms. The van der Waals surface area contributed by atoms with Crippen molar-refractivity contribution in [2.24, 2.45) is 5.41 Å². The molecule has 188 valence electrons. The first kappa shape index (κ1) is 27.3. The number of carbonyl (C=O) groups excluding carboxylic acids is 2. The zero-order valence-corrected chi connectivity index (χ0v) is 23.2. The average Bonchev–Trinajstić information content (AvgIpc) is 2.75. The number of aryl methyl sites for hydroxylation is 6. The number of ketones is 1. The zero-order chi connectivity index (χ0) is 25.7. The van der Waals surface area contributed by atoms with Gasteiger partial charge in [0.25, 0.3) is 5.78 Å². The van der Waals surface area contributed by atoms with Crippen LogP contribution in [-0.2, 0) is 4.79 Å². The van der Waals surface area contributed by atoms with E-state index < -0.39 is 5.41 Å². The Bertz CT molecular complexity index is 1340. The minimum atomic E-state index is -0.700. The number of rotatable bonds is 4. The van der Waals surface area contributed by atoms with Gasteiger partial charge in [-0.15, -0.1) is 0 Å². The lowest BCUT2D eigenvalue weighted by Crippen LogP contribution is -3.00. The summed E-state index contributed by atoms with van der Waals surface area (Å²) in [7, 11) is 0. The van der Waals surface area contributed by atoms with Crippen molar-refractivity contribution in [3.8, 4) is 0 Å². The zero-order valence-electron chi connectivity index (χ0n) is 22.5. The summed E-state index contributed by atoms with van der Waals surface area (Å²) >= 11 is 0. The highest BCUT2D eigenvalue weighted by molar-refractivity contribution is 6.52. The number of hydrogen-bond acceptors (Lipinski definition) is 2. The molecule has 0 atom stereocenters. The minimum absolute atomic E-state index is 0. The Balaban J connectivity index is 0.00000361. The average molecular weight is 503 g/mol. The Morgan fingerprint density at radius 2 is 1.28 bits per heavy atom. The third-order valence-corrected chi connectivity index (χ3v) is 6.81. The predicted molar refractivity (Wildman–Crippen MR) is 143 cm³/mol. The van der Waals surface area contributed by atoms with Gasteiger partial charge in [-0.3, -0.25) is 4.79 Å². The Kier molecular flexibility index (Phi) is 7.61. The summed E-state index contributed by atoms with van der Waals surface area (Å²) in [4.78, 5) is 30.0. The van der Waals surface area contributed by atoms with E-state index in [1.165, 1.54) is 5.56 Å². The first-order chi connectivity index (χ1) is 16.4. The van der Waals surface area contributed by atoms with E-state index in [1.54, 1.807) is 4.90 Å². The highest BCUT2D eigenvalue weighted by Gasteiger charge is 2.52. The van der Waals surface area contributed by atoms with Gasteiger partial charge in [-0.1, -0.05) is 65.7 Å². The van der Waals surface area contributed by atoms with Gasteiger partial charge in [0.15, 0.2) is 0 Å². The van der Waals surface area contributed by atoms with Crippen LogP contribution in [-0.4, -0.2) is 28.6 Å². The van der Waals surface area contributed by atoms with Crippen molar-refractivity contribution in [2.75, 3.05) is 11.4 Å². The van der Waals surface area contributed by atoms with E-state index in [2.05, 4.69) is 56.5 Å². The number of carbonyl (C=O) groups is 2. The molecule has 1 aliphatic rings. The molecule has 0 aliphatic carbocycles. The van der Waals surface area contributed by atoms with Gasteiger partial charge in [0, 0.05) is 5.56 Å². The van der Waals surface area contributed by atoms with Crippen LogP contribution in [0.3, 0.4) is 0 Å². The summed E-state index contributed by atoms with van der Waals surface area (Å²) < 4.78 is 2.08. The molecule has 0 saturated carbocycles. The van der Waals surface area contributed by atoms with Gasteiger partial charge >= 0.3 is 11.7 Å². The molecule has 36 heavy (non-hydrogen) atoms. The summed E-state index contributed by atoms with van der Waals surface area (Å²) in [6.07, 6.45) is 0. The van der Waals surface area contributed by atoms with Crippen LogP contribution in [0.1, 0.15) is 57.6 Å². The highest BCUT2D eigenvalue weighted by Crippen LogP contribution is 2.38. The van der Waals surface area contributed by atoms with E-state index in [1.807, 2.05) is 58.0 Å². The molecule has 0 unspecified atom stereocenters. The van der Waals surface area contributed by atoms with Gasteiger partial charge in [-0.05, 0) is 77.6 Å². The minimum Gasteiger partial charge on any atom is -1.00 e. The second-order valence-corrected chi connectivity index (χ2v) is 10.6. The molecule has 0 saturated heterocycles. The fraction of sp³-hybridized carbons (Fsp3) is 0.323. The Morgan fingerprint density at radius 3 is 1.78 bits per heavy atom. The molecule has 0 N–H and O–H groups in total. The van der Waals surface area contributed by atoms with Gasteiger partial charge in [0.05, 0.1) is 0 Å². The topological polar surface area (TPSA) is 40.4 Å². The van der Waals surface area contributed by atoms with Crippen molar-refractivity contribution in [3.05, 3.63) is 93.5 Å². The summed E-state index contributed by atoms with van der Waals surface area (Å²) in [6, 6.07) is 17.7. The molecule has 3 aromatic carbocycles. The smallest absolute Gasteiger partial charge is 0.338 e. The second-order valence-electron chi connectivity index (χ2n) is 10.6. The SMILES string of the molecule is Cc1cc(C)c(N2C(=O)C(C)(C)C[N+](c3c(C)cc(C)cc3C)=C2C(=O)c2ccccc2)c(C)c1.[Cl-]. The third-order valence-electron chi connectivity index (χ3n) is 6.81. The Morgan fingerprint density at radius 1 is 0.806 bits per heavy atom. The molecule has 0 fully saturated rings. The molecule has 0 aromatic heterocycles. The predicted octanol–water partition coefficient (Wildman–Crippen LogP) is 3.54. The van der Waals surface area contributed by atoms with Crippen LogP contribution in [0.4, 0.5) is 11.4 Å². The van der Waals surface area contributed by atoms with Crippen LogP contribution in [0.5, 0.6) is 0 Å². The molecular weight excluding hydrogens is 468 g/mol. The van der Waals surface area contributed by atoms with Crippen LogP contribution in [0.2, 0.25) is 0 Å². The normalized spacial score (nSPS) is 15.1. The number of hydrogen-bond donors (Lipinski definition) is 0. The molecule has 1 amide bonds. The van der Waals surface area contributed by atoms with Crippen LogP contribution >= 0.6 is 0 Å². The quantitative estimate of drug-likeness (QED) is 0.404. The second kappa shape index (κ2) is 10.0. The number of anilines is 1. The van der Waals surface area contributed by atoms with E-state index in [0.29, 0.717) is 17.9 Å². The monoisotopic (exact) mass is 502 g/mol. The van der Waals surface area contributed by atoms with Crippen LogP contribution in [0, 0.1) is 47.0 Å². The van der Waals surface area contributed by atoms with Crippen LogP contribution < -0.4 is 17.3 Å². The summed E-state index contributed by atoms with van der Waals surface area (Å²) in [6.45, 7) is 16.7. The lowest BCUT2D eigenvalue weighted by Gasteiger charge is -2.35. The summed E-state index contributed by atoms with van der Waals surface area (Å²) in [5.74, 6) is 0.171. The first-order valence-electron chi connectivity index (χ1n) is 12.2. The van der Waals surface area contributed by atoms with E-state index in [-0.39, 0.29) is 24.1 Å². The van der Waals surface area contributed by atoms with Gasteiger partial charge < -0.3 is 12.4 Å². The number of benzene rings is 3. The fourth-order valence-corrected chi connectivity index (χ4v) is 5.52. The van der Waals surface area contributed by atoms with Gasteiger partial charge in [0.1, 0.15) is 23.3 Å². The molecular formula is C31H35ClN2O2. The Labute approximate surface area is 221 Å². The van der Waals surface area contributed by atoms with Crippen molar-refractivity contribution in [3.63, 3.8) is 0 Å². The molecule has 5 heteroatoms. The van der Waals surface area contributed by atoms with Crippen molar-refractivity contribution in [1.29, 1.82) is 0 Å². The Hall–Kier alpha value is -3.24. The van der Waals surface area contributed by atoms with Gasteiger partial charge in [-0.2, -0.15) is 4.90 Å². The van der Waals surface area contributed by atoms with E-state index in [9.17, 15) is 9.59 Å². The maximum atomic E-state index is 14.2. The van der Waals surface area contributed by atoms with E-state index >= 15 is 0 Å². The van der Waals surface area contributed by atoms with Crippen LogP contribution in [0.15, 0.2) is 54.6 Å². The third kappa shape index (κ3) is 4.75. The lowest BCUT2D eigenvalue weighted by atomic mass is 9.86. The lowest BCUT2D eigenvalue weighted by molar-refractivity contribution is -0.458. The maximum absolute atomic E-state index is 14.2. The largest absolute Gasteiger partial charge is 1.00 e. The number of halogens is 1. The molecule has 3 aromatic rings. The summed E-state index contributed by atoms with van der Waals surface area (Å²) in [5.41, 5.74) is 8.08. The van der Waals surface area contributed by atoms with E-state index in [4.69, 9.17) is 0 Å². The fourth-order valence-electron chi connectivity index (χ4n) is 5.52. The van der Waals surface area contributed by atoms with Gasteiger partial charge in [0.2, 0.25) is 0 Å². The number of amides is 1. The van der Waals surface area contributed by atoms with Crippen molar-refractivity contribution in [1.82, 2.24) is 0 Å². The number of nitrogens with zero attached hydrogens (tertiary/aromatic N) is 2. The number of amidine groups is 1. The van der Waals surface area contributed by atoms with E-state index in [0.717, 1.165) is 39.2 Å². The highest BCUT2D eigenvalue weighted by atomic mass is 35.5. The molecule has 0 spiro atoms. The van der Waals surface area contributed by atoms with Crippen molar-refractivity contribution < 1.29 is 26.6 Å². The maximum Gasteiger partial charge on any atom is 0.338 e. The van der Waals surface area contributed by atoms with Gasteiger partial charge in [-0.25, -0.2) is 9.37 Å². The van der Waals surface area contributed by atoms with Crippen LogP contribution in [0.25, 0.3) is 0 Å². The molecule has 1 heterocycles. The number of Topliss-reactive ketones (excluding diaryl/α,β-unsaturated/α-hetero) is 1. The van der Waals surface area contributed by atoms with Crippen molar-refractivity contribution >= 4 is 28.9 Å².